The number of ether oxygens (including phenoxy) is 1. The number of carbonyl (C=O) groups excluding carboxylic acids is 5. The first-order chi connectivity index (χ1) is 20.9. The molecule has 212 valence electrons. The van der Waals surface area contributed by atoms with E-state index in [0.717, 1.165) is 11.3 Å². The number of fused-ring (bicyclic) bond motifs is 2. The molecule has 7 rings (SSSR count). The number of benzene rings is 4. The first-order valence-electron chi connectivity index (χ1n) is 14.2. The Bertz CT molecular complexity index is 1780. The van der Waals surface area contributed by atoms with Gasteiger partial charge in [-0.3, -0.25) is 24.1 Å². The van der Waals surface area contributed by atoms with E-state index in [1.165, 1.54) is 34.7 Å². The average molecular weight is 571 g/mol. The molecule has 3 atom stereocenters. The molecule has 0 N–H and O–H groups in total. The summed E-state index contributed by atoms with van der Waals surface area (Å²) in [5, 5.41) is 0. The van der Waals surface area contributed by atoms with Gasteiger partial charge in [-0.15, -0.1) is 0 Å². The predicted octanol–water partition coefficient (Wildman–Crippen LogP) is 5.78. The normalized spacial score (nSPS) is 21.2. The Balaban J connectivity index is 1.12. The van der Waals surface area contributed by atoms with Crippen molar-refractivity contribution in [1.29, 1.82) is 0 Å². The van der Waals surface area contributed by atoms with Gasteiger partial charge >= 0.3 is 5.97 Å². The van der Waals surface area contributed by atoms with Crippen molar-refractivity contribution in [2.24, 2.45) is 11.8 Å². The van der Waals surface area contributed by atoms with E-state index in [1.807, 2.05) is 18.2 Å². The maximum Gasteiger partial charge on any atom is 0.343 e. The van der Waals surface area contributed by atoms with Crippen molar-refractivity contribution in [2.45, 2.75) is 25.2 Å². The Kier molecular flexibility index (Phi) is 6.46. The number of rotatable bonds is 5. The first-order valence-corrected chi connectivity index (χ1v) is 14.2. The third-order valence-electron chi connectivity index (χ3n) is 8.64. The molecule has 8 heteroatoms. The zero-order valence-electron chi connectivity index (χ0n) is 23.0. The molecule has 2 fully saturated rings. The number of amides is 4. The number of anilines is 2. The molecule has 2 aliphatic heterocycles. The minimum atomic E-state index is -0.758. The molecular weight excluding hydrogens is 544 g/mol. The number of hydrogen-bond acceptors (Lipinski definition) is 6. The second kappa shape index (κ2) is 10.5. The van der Waals surface area contributed by atoms with Gasteiger partial charge < -0.3 is 4.74 Å². The van der Waals surface area contributed by atoms with E-state index in [2.05, 4.69) is 12.1 Å². The quantitative estimate of drug-likeness (QED) is 0.171. The molecule has 43 heavy (non-hydrogen) atoms. The fourth-order valence-electron chi connectivity index (χ4n) is 6.53. The monoisotopic (exact) mass is 570 g/mol. The third kappa shape index (κ3) is 4.43. The molecular formula is C35H26N2O6. The highest BCUT2D eigenvalue weighted by atomic mass is 16.5. The summed E-state index contributed by atoms with van der Waals surface area (Å²) in [4.78, 5) is 68.7. The Hall–Kier alpha value is -5.37. The molecule has 3 aliphatic rings. The van der Waals surface area contributed by atoms with Crippen molar-refractivity contribution in [3.8, 4) is 5.75 Å². The van der Waals surface area contributed by atoms with Gasteiger partial charge in [0.1, 0.15) is 0 Å². The number of para-hydroxylation sites is 2. The van der Waals surface area contributed by atoms with E-state index in [0.29, 0.717) is 18.5 Å². The van der Waals surface area contributed by atoms with E-state index in [4.69, 9.17) is 4.74 Å². The fraction of sp³-hybridized carbons (Fsp3) is 0.171. The van der Waals surface area contributed by atoms with E-state index in [-0.39, 0.29) is 51.8 Å². The van der Waals surface area contributed by atoms with E-state index >= 15 is 0 Å². The van der Waals surface area contributed by atoms with Crippen molar-refractivity contribution in [1.82, 2.24) is 0 Å². The van der Waals surface area contributed by atoms with Crippen molar-refractivity contribution in [3.63, 3.8) is 0 Å². The van der Waals surface area contributed by atoms with Crippen LogP contribution in [0.4, 0.5) is 11.4 Å². The van der Waals surface area contributed by atoms with Gasteiger partial charge in [0.25, 0.3) is 11.8 Å². The van der Waals surface area contributed by atoms with Crippen molar-refractivity contribution in [2.75, 3.05) is 9.80 Å². The van der Waals surface area contributed by atoms with Gasteiger partial charge in [-0.05, 0) is 73.2 Å². The Morgan fingerprint density at radius 3 is 2.05 bits per heavy atom. The van der Waals surface area contributed by atoms with Gasteiger partial charge in [-0.1, -0.05) is 60.7 Å². The van der Waals surface area contributed by atoms with Crippen molar-refractivity contribution >= 4 is 41.0 Å². The van der Waals surface area contributed by atoms with Crippen LogP contribution in [0.2, 0.25) is 0 Å². The van der Waals surface area contributed by atoms with Gasteiger partial charge in [-0.25, -0.2) is 9.69 Å². The van der Waals surface area contributed by atoms with E-state index in [1.54, 1.807) is 48.5 Å². The largest absolute Gasteiger partial charge is 0.421 e. The molecule has 0 bridgehead atoms. The van der Waals surface area contributed by atoms with Crippen molar-refractivity contribution < 1.29 is 28.7 Å². The molecule has 2 heterocycles. The Morgan fingerprint density at radius 2 is 1.30 bits per heavy atom. The van der Waals surface area contributed by atoms with Gasteiger partial charge in [0.15, 0.2) is 5.75 Å². The number of nitrogens with zero attached hydrogens (tertiary/aromatic N) is 2. The molecule has 4 aromatic rings. The lowest BCUT2D eigenvalue weighted by molar-refractivity contribution is -0.122. The minimum Gasteiger partial charge on any atom is -0.421 e. The molecule has 0 aromatic heterocycles. The van der Waals surface area contributed by atoms with Crippen LogP contribution in [0.5, 0.6) is 5.75 Å². The van der Waals surface area contributed by atoms with Gasteiger partial charge in [0.2, 0.25) is 11.8 Å². The molecule has 1 aliphatic carbocycles. The SMILES string of the molecule is O=C(Oc1ccccc1N1C(=O)c2ccccc2C1=O)c1cccc(N2C(=O)[C@H]3C[C@@H](c4ccccc4)CC[C@H]3C2=O)c1. The van der Waals surface area contributed by atoms with Gasteiger partial charge in [-0.2, -0.15) is 0 Å². The van der Waals surface area contributed by atoms with E-state index in [9.17, 15) is 24.0 Å². The number of hydrogen-bond donors (Lipinski definition) is 0. The number of imide groups is 2. The Morgan fingerprint density at radius 1 is 0.651 bits per heavy atom. The summed E-state index contributed by atoms with van der Waals surface area (Å²) in [6.07, 6.45) is 2.06. The molecule has 8 nitrogen and oxygen atoms in total. The molecule has 4 amide bonds. The second-order valence-corrected chi connectivity index (χ2v) is 11.0. The van der Waals surface area contributed by atoms with Crippen LogP contribution < -0.4 is 14.5 Å². The standard InChI is InChI=1S/C35H26N2O6/c38-31-27-18-17-22(21-9-2-1-3-10-21)20-28(27)34(41)36(31)24-12-8-11-23(19-24)35(42)43-30-16-7-6-15-29(30)37-32(39)25-13-4-5-14-26(25)33(37)40/h1-16,19,22,27-28H,17-18,20H2/t22-,27+,28-/m0/s1. The molecule has 1 saturated carbocycles. The summed E-state index contributed by atoms with van der Waals surface area (Å²) in [5.41, 5.74) is 2.29. The second-order valence-electron chi connectivity index (χ2n) is 11.0. The first kappa shape index (κ1) is 26.5. The van der Waals surface area contributed by atoms with Crippen LogP contribution >= 0.6 is 0 Å². The van der Waals surface area contributed by atoms with Crippen LogP contribution in [0, 0.1) is 11.8 Å². The van der Waals surface area contributed by atoms with Crippen LogP contribution in [-0.2, 0) is 9.59 Å². The summed E-state index contributed by atoms with van der Waals surface area (Å²) < 4.78 is 5.70. The van der Waals surface area contributed by atoms with Gasteiger partial charge in [0, 0.05) is 0 Å². The topological polar surface area (TPSA) is 101 Å². The zero-order chi connectivity index (χ0) is 29.7. The third-order valence-corrected chi connectivity index (χ3v) is 8.64. The minimum absolute atomic E-state index is 0.0266. The predicted molar refractivity (Wildman–Crippen MR) is 158 cm³/mol. The molecule has 1 saturated heterocycles. The highest BCUT2D eigenvalue weighted by Crippen LogP contribution is 2.45. The summed E-state index contributed by atoms with van der Waals surface area (Å²) in [6.45, 7) is 0. The zero-order valence-corrected chi connectivity index (χ0v) is 23.0. The fourth-order valence-corrected chi connectivity index (χ4v) is 6.53. The van der Waals surface area contributed by atoms with Gasteiger partial charge in [0.05, 0.1) is 39.9 Å². The van der Waals surface area contributed by atoms with Crippen LogP contribution in [0.3, 0.4) is 0 Å². The molecule has 0 radical (unpaired) electrons. The maximum atomic E-state index is 13.6. The molecule has 0 unspecified atom stereocenters. The van der Waals surface area contributed by atoms with Crippen LogP contribution in [0.25, 0.3) is 0 Å². The average Bonchev–Trinajstić information content (AvgIpc) is 3.45. The summed E-state index contributed by atoms with van der Waals surface area (Å²) >= 11 is 0. The summed E-state index contributed by atoms with van der Waals surface area (Å²) in [6, 6.07) is 29.1. The highest BCUT2D eigenvalue weighted by Gasteiger charge is 2.50. The Labute approximate surface area is 247 Å². The van der Waals surface area contributed by atoms with Crippen LogP contribution in [0.15, 0.2) is 103 Å². The van der Waals surface area contributed by atoms with Crippen LogP contribution in [0.1, 0.15) is 61.8 Å². The lowest BCUT2D eigenvalue weighted by Crippen LogP contribution is -2.31. The maximum absolute atomic E-state index is 13.6. The van der Waals surface area contributed by atoms with Crippen LogP contribution in [-0.4, -0.2) is 29.6 Å². The smallest absolute Gasteiger partial charge is 0.343 e. The molecule has 4 aromatic carbocycles. The lowest BCUT2D eigenvalue weighted by atomic mass is 9.73. The lowest BCUT2D eigenvalue weighted by Gasteiger charge is -2.28. The number of carbonyl (C=O) groups is 5. The summed E-state index contributed by atoms with van der Waals surface area (Å²) in [5.74, 6) is -2.82. The molecule has 0 spiro atoms. The summed E-state index contributed by atoms with van der Waals surface area (Å²) in [7, 11) is 0. The van der Waals surface area contributed by atoms with Crippen molar-refractivity contribution in [3.05, 3.63) is 125 Å². The number of esters is 1. The van der Waals surface area contributed by atoms with E-state index < -0.39 is 23.7 Å². The highest BCUT2D eigenvalue weighted by molar-refractivity contribution is 6.35.